The Hall–Kier alpha value is -0.610. The molecule has 0 saturated heterocycles. The van der Waals surface area contributed by atoms with Crippen molar-refractivity contribution in [1.82, 2.24) is 10.8 Å². The maximum atomic E-state index is 11.2. The lowest BCUT2D eigenvalue weighted by Crippen LogP contribution is -2.41. The quantitative estimate of drug-likeness (QED) is 0.659. The van der Waals surface area contributed by atoms with Crippen LogP contribution in [0.25, 0.3) is 0 Å². The Balaban J connectivity index is 3.57. The lowest BCUT2D eigenvalue weighted by atomic mass is 10.2. The third kappa shape index (κ3) is 8.01. The van der Waals surface area contributed by atoms with E-state index in [4.69, 9.17) is 4.84 Å². The van der Waals surface area contributed by atoms with E-state index in [-0.39, 0.29) is 11.5 Å². The molecular weight excluding hydrogens is 180 g/mol. The van der Waals surface area contributed by atoms with Crippen molar-refractivity contribution in [3.63, 3.8) is 0 Å². The van der Waals surface area contributed by atoms with Crippen molar-refractivity contribution in [2.45, 2.75) is 52.7 Å². The summed E-state index contributed by atoms with van der Waals surface area (Å²) in [5.74, 6) is -0.139. The highest BCUT2D eigenvalue weighted by atomic mass is 16.7. The number of nitrogens with one attached hydrogen (secondary N) is 2. The average Bonchev–Trinajstić information content (AvgIpc) is 2.09. The van der Waals surface area contributed by atoms with Crippen LogP contribution in [0.2, 0.25) is 0 Å². The molecule has 0 aliphatic carbocycles. The zero-order valence-electron chi connectivity index (χ0n) is 9.81. The van der Waals surface area contributed by atoms with Gasteiger partial charge in [0.25, 0.3) is 5.91 Å². The van der Waals surface area contributed by atoms with Crippen LogP contribution >= 0.6 is 0 Å². The molecule has 0 heterocycles. The van der Waals surface area contributed by atoms with Crippen molar-refractivity contribution in [2.75, 3.05) is 6.54 Å². The molecule has 1 unspecified atom stereocenters. The predicted octanol–water partition coefficient (Wildman–Crippen LogP) is 1.22. The number of carbonyl (C=O) groups excluding carboxylic acids is 1. The Kier molecular flexibility index (Phi) is 5.72. The van der Waals surface area contributed by atoms with E-state index >= 15 is 0 Å². The molecule has 14 heavy (non-hydrogen) atoms. The minimum absolute atomic E-state index is 0.139. The molecule has 0 saturated carbocycles. The van der Waals surface area contributed by atoms with Crippen LogP contribution in [0, 0.1) is 0 Å². The second-order valence-electron chi connectivity index (χ2n) is 4.43. The van der Waals surface area contributed by atoms with Gasteiger partial charge in [-0.3, -0.25) is 9.63 Å². The topological polar surface area (TPSA) is 50.4 Å². The fourth-order valence-electron chi connectivity index (χ4n) is 0.657. The summed E-state index contributed by atoms with van der Waals surface area (Å²) in [5, 5.41) is 3.08. The van der Waals surface area contributed by atoms with Gasteiger partial charge in [0.05, 0.1) is 12.1 Å². The van der Waals surface area contributed by atoms with E-state index < -0.39 is 0 Å². The summed E-state index contributed by atoms with van der Waals surface area (Å²) < 4.78 is 0. The first-order valence-electron chi connectivity index (χ1n) is 5.05. The molecule has 0 bridgehead atoms. The van der Waals surface area contributed by atoms with Gasteiger partial charge in [0.2, 0.25) is 0 Å². The van der Waals surface area contributed by atoms with Gasteiger partial charge < -0.3 is 5.32 Å². The molecule has 0 aliphatic heterocycles. The minimum atomic E-state index is -0.341. The van der Waals surface area contributed by atoms with Gasteiger partial charge in [0.15, 0.2) is 0 Å². The molecule has 0 aromatic carbocycles. The molecular formula is C10H22N2O2. The second-order valence-corrected chi connectivity index (χ2v) is 4.43. The molecule has 4 nitrogen and oxygen atoms in total. The number of rotatable bonds is 5. The minimum Gasteiger partial charge on any atom is -0.306 e. The smallest absolute Gasteiger partial charge is 0.257 e. The van der Waals surface area contributed by atoms with E-state index in [0.29, 0.717) is 12.6 Å². The van der Waals surface area contributed by atoms with Gasteiger partial charge in [0, 0.05) is 6.04 Å². The van der Waals surface area contributed by atoms with Crippen LogP contribution in [-0.4, -0.2) is 24.1 Å². The molecule has 0 fully saturated rings. The van der Waals surface area contributed by atoms with E-state index in [1.165, 1.54) is 0 Å². The average molecular weight is 202 g/mol. The second kappa shape index (κ2) is 5.98. The van der Waals surface area contributed by atoms with Gasteiger partial charge in [-0.2, -0.15) is 0 Å². The zero-order chi connectivity index (χ0) is 11.2. The highest BCUT2D eigenvalue weighted by Crippen LogP contribution is 2.02. The summed E-state index contributed by atoms with van der Waals surface area (Å²) in [6.45, 7) is 10.1. The monoisotopic (exact) mass is 202 g/mol. The van der Waals surface area contributed by atoms with E-state index in [0.717, 1.165) is 6.42 Å². The normalized spacial score (nSPS) is 13.8. The Morgan fingerprint density at radius 2 is 2.00 bits per heavy atom. The van der Waals surface area contributed by atoms with E-state index in [9.17, 15) is 4.79 Å². The van der Waals surface area contributed by atoms with Gasteiger partial charge in [-0.25, -0.2) is 5.48 Å². The summed E-state index contributed by atoms with van der Waals surface area (Å²) in [6.07, 6.45) is 1.01. The Bertz CT molecular complexity index is 175. The molecule has 2 N–H and O–H groups in total. The number of amides is 1. The number of hydrogen-bond donors (Lipinski definition) is 2. The highest BCUT2D eigenvalue weighted by molar-refractivity contribution is 5.76. The van der Waals surface area contributed by atoms with Crippen molar-refractivity contribution >= 4 is 5.91 Å². The third-order valence-electron chi connectivity index (χ3n) is 1.69. The van der Waals surface area contributed by atoms with Crippen molar-refractivity contribution in [2.24, 2.45) is 0 Å². The van der Waals surface area contributed by atoms with Gasteiger partial charge in [0.1, 0.15) is 0 Å². The maximum absolute atomic E-state index is 11.2. The first-order chi connectivity index (χ1) is 6.35. The van der Waals surface area contributed by atoms with Crippen molar-refractivity contribution in [3.05, 3.63) is 0 Å². The van der Waals surface area contributed by atoms with E-state index in [2.05, 4.69) is 17.7 Å². The van der Waals surface area contributed by atoms with Crippen LogP contribution in [0.3, 0.4) is 0 Å². The molecule has 0 radical (unpaired) electrons. The third-order valence-corrected chi connectivity index (χ3v) is 1.69. The standard InChI is InChI=1S/C10H22N2O2/c1-6-8(2)11-7-9(13)12-14-10(3,4)5/h8,11H,6-7H2,1-5H3,(H,12,13). The largest absolute Gasteiger partial charge is 0.306 e. The summed E-state index contributed by atoms with van der Waals surface area (Å²) >= 11 is 0. The SMILES string of the molecule is CCC(C)NCC(=O)NOC(C)(C)C. The fraction of sp³-hybridized carbons (Fsp3) is 0.900. The van der Waals surface area contributed by atoms with E-state index in [1.54, 1.807) is 0 Å². The first kappa shape index (κ1) is 13.4. The summed E-state index contributed by atoms with van der Waals surface area (Å²) in [5.41, 5.74) is 2.06. The van der Waals surface area contributed by atoms with Crippen molar-refractivity contribution < 1.29 is 9.63 Å². The number of carbonyl (C=O) groups is 1. The molecule has 0 aromatic rings. The van der Waals surface area contributed by atoms with Crippen LogP contribution in [0.4, 0.5) is 0 Å². The molecule has 1 atom stereocenters. The van der Waals surface area contributed by atoms with Crippen LogP contribution in [-0.2, 0) is 9.63 Å². The fourth-order valence-corrected chi connectivity index (χ4v) is 0.657. The molecule has 84 valence electrons. The predicted molar refractivity (Wildman–Crippen MR) is 56.7 cm³/mol. The number of hydroxylamine groups is 1. The summed E-state index contributed by atoms with van der Waals surface area (Å²) in [4.78, 5) is 16.3. The summed E-state index contributed by atoms with van der Waals surface area (Å²) in [7, 11) is 0. The van der Waals surface area contributed by atoms with E-state index in [1.807, 2.05) is 27.7 Å². The van der Waals surface area contributed by atoms with Crippen LogP contribution in [0.15, 0.2) is 0 Å². The molecule has 0 spiro atoms. The van der Waals surface area contributed by atoms with Gasteiger partial charge in [-0.15, -0.1) is 0 Å². The van der Waals surface area contributed by atoms with Crippen LogP contribution < -0.4 is 10.8 Å². The Labute approximate surface area is 86.4 Å². The van der Waals surface area contributed by atoms with Crippen molar-refractivity contribution in [1.29, 1.82) is 0 Å². The Morgan fingerprint density at radius 3 is 2.43 bits per heavy atom. The highest BCUT2D eigenvalue weighted by Gasteiger charge is 2.12. The summed E-state index contributed by atoms with van der Waals surface area (Å²) in [6, 6.07) is 0.357. The first-order valence-corrected chi connectivity index (χ1v) is 5.05. The van der Waals surface area contributed by atoms with Crippen molar-refractivity contribution in [3.8, 4) is 0 Å². The molecule has 0 aromatic heterocycles. The lowest BCUT2D eigenvalue weighted by molar-refractivity contribution is -0.144. The van der Waals surface area contributed by atoms with Crippen LogP contribution in [0.5, 0.6) is 0 Å². The number of hydrogen-bond acceptors (Lipinski definition) is 3. The Morgan fingerprint density at radius 1 is 1.43 bits per heavy atom. The van der Waals surface area contributed by atoms with Gasteiger partial charge in [-0.1, -0.05) is 6.92 Å². The zero-order valence-corrected chi connectivity index (χ0v) is 9.81. The van der Waals surface area contributed by atoms with Crippen LogP contribution in [0.1, 0.15) is 41.0 Å². The van der Waals surface area contributed by atoms with Gasteiger partial charge in [-0.05, 0) is 34.1 Å². The maximum Gasteiger partial charge on any atom is 0.257 e. The molecule has 0 rings (SSSR count). The lowest BCUT2D eigenvalue weighted by Gasteiger charge is -2.19. The molecule has 0 aliphatic rings. The van der Waals surface area contributed by atoms with Gasteiger partial charge >= 0.3 is 0 Å². The molecule has 1 amide bonds. The molecule has 4 heteroatoms.